The van der Waals surface area contributed by atoms with Crippen molar-refractivity contribution >= 4 is 23.6 Å². The summed E-state index contributed by atoms with van der Waals surface area (Å²) >= 11 is 5.80. The van der Waals surface area contributed by atoms with Crippen LogP contribution in [-0.4, -0.2) is 32.5 Å². The van der Waals surface area contributed by atoms with E-state index < -0.39 is 11.7 Å². The largest absolute Gasteiger partial charge is 0.493 e. The average molecular weight is 390 g/mol. The molecule has 6 nitrogen and oxygen atoms in total. The number of alkyl halides is 3. The molecule has 0 aliphatic rings. The number of halogens is 4. The molecule has 10 heteroatoms. The standard InChI is InChI=1S/C16H15ClF3N3O3/c1-24-12-4-9(5-13(25-2)14(12)26-3)7-22-23-15-11(17)6-10(8-21-15)16(18,19)20/h4-8H,1-3H3,(H,21,23)/b22-7-. The molecule has 0 radical (unpaired) electrons. The summed E-state index contributed by atoms with van der Waals surface area (Å²) in [7, 11) is 4.43. The first-order chi connectivity index (χ1) is 12.3. The molecule has 1 N–H and O–H groups in total. The number of pyridine rings is 1. The van der Waals surface area contributed by atoms with Crippen molar-refractivity contribution < 1.29 is 27.4 Å². The van der Waals surface area contributed by atoms with Gasteiger partial charge in [-0.3, -0.25) is 5.43 Å². The number of hydrogen-bond donors (Lipinski definition) is 1. The second-order valence-corrected chi connectivity index (χ2v) is 5.29. The Morgan fingerprint density at radius 2 is 1.69 bits per heavy atom. The maximum atomic E-state index is 12.6. The van der Waals surface area contributed by atoms with Crippen LogP contribution in [0.25, 0.3) is 0 Å². The van der Waals surface area contributed by atoms with Crippen LogP contribution in [0.5, 0.6) is 17.2 Å². The number of benzene rings is 1. The van der Waals surface area contributed by atoms with Crippen molar-refractivity contribution in [2.45, 2.75) is 6.18 Å². The van der Waals surface area contributed by atoms with E-state index in [1.54, 1.807) is 12.1 Å². The van der Waals surface area contributed by atoms with Crippen molar-refractivity contribution in [3.05, 3.63) is 40.5 Å². The van der Waals surface area contributed by atoms with Gasteiger partial charge in [-0.15, -0.1) is 0 Å². The molecule has 140 valence electrons. The first-order valence-electron chi connectivity index (χ1n) is 7.12. The lowest BCUT2D eigenvalue weighted by atomic mass is 10.2. The van der Waals surface area contributed by atoms with Crippen molar-refractivity contribution in [2.24, 2.45) is 5.10 Å². The number of anilines is 1. The highest BCUT2D eigenvalue weighted by Crippen LogP contribution is 2.37. The van der Waals surface area contributed by atoms with Crippen molar-refractivity contribution in [2.75, 3.05) is 26.8 Å². The van der Waals surface area contributed by atoms with Crippen LogP contribution in [0.15, 0.2) is 29.5 Å². The molecule has 0 bridgehead atoms. The molecule has 1 aromatic carbocycles. The summed E-state index contributed by atoms with van der Waals surface area (Å²) in [6, 6.07) is 4.06. The fourth-order valence-corrected chi connectivity index (χ4v) is 2.23. The Balaban J connectivity index is 2.21. The van der Waals surface area contributed by atoms with Gasteiger partial charge in [0.05, 0.1) is 38.1 Å². The van der Waals surface area contributed by atoms with Gasteiger partial charge < -0.3 is 14.2 Å². The van der Waals surface area contributed by atoms with Gasteiger partial charge in [-0.05, 0) is 18.2 Å². The van der Waals surface area contributed by atoms with Gasteiger partial charge in [-0.1, -0.05) is 11.6 Å². The molecule has 1 heterocycles. The third kappa shape index (κ3) is 4.48. The zero-order chi connectivity index (χ0) is 19.3. The summed E-state index contributed by atoms with van der Waals surface area (Å²) in [5.74, 6) is 1.27. The molecular formula is C16H15ClF3N3O3. The second kappa shape index (κ2) is 8.13. The average Bonchev–Trinajstić information content (AvgIpc) is 2.61. The highest BCUT2D eigenvalue weighted by Gasteiger charge is 2.31. The predicted molar refractivity (Wildman–Crippen MR) is 91.6 cm³/mol. The number of hydrogen-bond acceptors (Lipinski definition) is 6. The monoisotopic (exact) mass is 389 g/mol. The summed E-state index contributed by atoms with van der Waals surface area (Å²) in [5, 5.41) is 3.71. The van der Waals surface area contributed by atoms with Crippen LogP contribution in [0.3, 0.4) is 0 Å². The molecular weight excluding hydrogens is 375 g/mol. The first-order valence-corrected chi connectivity index (χ1v) is 7.49. The second-order valence-electron chi connectivity index (χ2n) is 4.88. The number of nitrogens with zero attached hydrogens (tertiary/aromatic N) is 2. The lowest BCUT2D eigenvalue weighted by Crippen LogP contribution is -2.06. The topological polar surface area (TPSA) is 65.0 Å². The van der Waals surface area contributed by atoms with E-state index in [9.17, 15) is 13.2 Å². The lowest BCUT2D eigenvalue weighted by molar-refractivity contribution is -0.137. The highest BCUT2D eigenvalue weighted by molar-refractivity contribution is 6.32. The van der Waals surface area contributed by atoms with Crippen LogP contribution >= 0.6 is 11.6 Å². The summed E-state index contributed by atoms with van der Waals surface area (Å²) in [5.41, 5.74) is 2.14. The number of methoxy groups -OCH3 is 3. The number of rotatable bonds is 6. The van der Waals surface area contributed by atoms with Crippen LogP contribution in [0.4, 0.5) is 19.0 Å². The van der Waals surface area contributed by atoms with E-state index in [2.05, 4.69) is 15.5 Å². The molecule has 0 unspecified atom stereocenters. The van der Waals surface area contributed by atoms with Gasteiger partial charge in [0.2, 0.25) is 5.75 Å². The van der Waals surface area contributed by atoms with Crippen molar-refractivity contribution in [1.29, 1.82) is 0 Å². The molecule has 0 atom stereocenters. The van der Waals surface area contributed by atoms with Crippen LogP contribution in [-0.2, 0) is 6.18 Å². The Kier molecular flexibility index (Phi) is 6.14. The van der Waals surface area contributed by atoms with Gasteiger partial charge in [0.15, 0.2) is 17.3 Å². The molecule has 2 aromatic rings. The molecule has 1 aromatic heterocycles. The van der Waals surface area contributed by atoms with Gasteiger partial charge in [0.25, 0.3) is 0 Å². The maximum absolute atomic E-state index is 12.6. The minimum absolute atomic E-state index is 0.0108. The van der Waals surface area contributed by atoms with Gasteiger partial charge in [-0.25, -0.2) is 4.98 Å². The van der Waals surface area contributed by atoms with Gasteiger partial charge in [0, 0.05) is 11.8 Å². The Labute approximate surface area is 152 Å². The summed E-state index contributed by atoms with van der Waals surface area (Å²) < 4.78 is 53.4. The normalized spacial score (nSPS) is 11.5. The minimum atomic E-state index is -4.52. The fourth-order valence-electron chi connectivity index (χ4n) is 2.02. The van der Waals surface area contributed by atoms with E-state index in [-0.39, 0.29) is 10.8 Å². The van der Waals surface area contributed by atoms with Gasteiger partial charge >= 0.3 is 6.18 Å². The van der Waals surface area contributed by atoms with Crippen LogP contribution in [0, 0.1) is 0 Å². The Morgan fingerprint density at radius 1 is 1.08 bits per heavy atom. The molecule has 0 amide bonds. The molecule has 0 fully saturated rings. The molecule has 0 aliphatic heterocycles. The molecule has 26 heavy (non-hydrogen) atoms. The third-order valence-electron chi connectivity index (χ3n) is 3.24. The molecule has 2 rings (SSSR count). The smallest absolute Gasteiger partial charge is 0.417 e. The quantitative estimate of drug-likeness (QED) is 0.591. The van der Waals surface area contributed by atoms with Crippen LogP contribution in [0.1, 0.15) is 11.1 Å². The van der Waals surface area contributed by atoms with Gasteiger partial charge in [-0.2, -0.15) is 18.3 Å². The summed E-state index contributed by atoms with van der Waals surface area (Å²) in [6.45, 7) is 0. The zero-order valence-electron chi connectivity index (χ0n) is 14.0. The van der Waals surface area contributed by atoms with Crippen LogP contribution in [0.2, 0.25) is 5.02 Å². The van der Waals surface area contributed by atoms with Gasteiger partial charge in [0.1, 0.15) is 0 Å². The predicted octanol–water partition coefficient (Wildman–Crippen LogP) is 4.23. The maximum Gasteiger partial charge on any atom is 0.417 e. The molecule has 0 aliphatic carbocycles. The SMILES string of the molecule is COc1cc(/C=N\Nc2ncc(C(F)(F)F)cc2Cl)cc(OC)c1OC. The van der Waals surface area contributed by atoms with E-state index in [4.69, 9.17) is 25.8 Å². The molecule has 0 spiro atoms. The summed E-state index contributed by atoms with van der Waals surface area (Å²) in [4.78, 5) is 3.62. The number of nitrogens with one attached hydrogen (secondary N) is 1. The van der Waals surface area contributed by atoms with E-state index >= 15 is 0 Å². The zero-order valence-corrected chi connectivity index (χ0v) is 14.8. The molecule has 0 saturated carbocycles. The van der Waals surface area contributed by atoms with E-state index in [1.165, 1.54) is 27.5 Å². The van der Waals surface area contributed by atoms with Crippen molar-refractivity contribution in [3.63, 3.8) is 0 Å². The highest BCUT2D eigenvalue weighted by atomic mass is 35.5. The Hall–Kier alpha value is -2.68. The van der Waals surface area contributed by atoms with Crippen molar-refractivity contribution in [1.82, 2.24) is 4.98 Å². The number of ether oxygens (including phenoxy) is 3. The van der Waals surface area contributed by atoms with E-state index in [0.717, 1.165) is 6.07 Å². The number of aromatic nitrogens is 1. The van der Waals surface area contributed by atoms with E-state index in [0.29, 0.717) is 29.0 Å². The fraction of sp³-hybridized carbons (Fsp3) is 0.250. The van der Waals surface area contributed by atoms with Crippen LogP contribution < -0.4 is 19.6 Å². The lowest BCUT2D eigenvalue weighted by Gasteiger charge is -2.12. The number of hydrazone groups is 1. The first kappa shape index (κ1) is 19.6. The Morgan fingerprint density at radius 3 is 2.15 bits per heavy atom. The van der Waals surface area contributed by atoms with E-state index in [1.807, 2.05) is 0 Å². The molecule has 0 saturated heterocycles. The van der Waals surface area contributed by atoms with Crippen molar-refractivity contribution in [3.8, 4) is 17.2 Å². The third-order valence-corrected chi connectivity index (χ3v) is 3.53. The Bertz CT molecular complexity index is 788. The summed E-state index contributed by atoms with van der Waals surface area (Å²) in [6.07, 6.45) is -2.45. The minimum Gasteiger partial charge on any atom is -0.493 e.